The number of nitrogens with one attached hydrogen (secondary N) is 2. The van der Waals surface area contributed by atoms with Gasteiger partial charge in [0.2, 0.25) is 0 Å². The summed E-state index contributed by atoms with van der Waals surface area (Å²) in [6.07, 6.45) is 0.846. The molecule has 0 spiro atoms. The number of carbonyl (C=O) groups is 1. The van der Waals surface area contributed by atoms with Crippen LogP contribution in [0.4, 0.5) is 16.2 Å². The zero-order valence-electron chi connectivity index (χ0n) is 12.8. The lowest BCUT2D eigenvalue weighted by atomic mass is 10.2. The Morgan fingerprint density at radius 2 is 1.96 bits per heavy atom. The van der Waals surface area contributed by atoms with Gasteiger partial charge in [-0.3, -0.25) is 0 Å². The average Bonchev–Trinajstić information content (AvgIpc) is 2.57. The van der Waals surface area contributed by atoms with Gasteiger partial charge in [-0.1, -0.05) is 35.5 Å². The summed E-state index contributed by atoms with van der Waals surface area (Å²) in [6, 6.07) is 14.2. The molecule has 6 heteroatoms. The average molecular weight is 348 g/mol. The van der Waals surface area contributed by atoms with Gasteiger partial charge in [-0.05, 0) is 36.8 Å². The minimum Gasteiger partial charge on any atom is -0.341 e. The third kappa shape index (κ3) is 3.57. The summed E-state index contributed by atoms with van der Waals surface area (Å²) >= 11 is 7.95. The van der Waals surface area contributed by atoms with Crippen LogP contribution < -0.4 is 15.5 Å². The molecule has 0 unspecified atom stereocenters. The SMILES string of the molecule is CNC(=O)NCCCN1c2ccccc2Sc2ccc(Cl)cc21. The monoisotopic (exact) mass is 347 g/mol. The fourth-order valence-electron chi connectivity index (χ4n) is 2.57. The smallest absolute Gasteiger partial charge is 0.314 e. The van der Waals surface area contributed by atoms with Gasteiger partial charge in [-0.25, -0.2) is 4.79 Å². The van der Waals surface area contributed by atoms with E-state index in [0.29, 0.717) is 6.54 Å². The van der Waals surface area contributed by atoms with Crippen molar-refractivity contribution in [1.82, 2.24) is 10.6 Å². The van der Waals surface area contributed by atoms with Crippen LogP contribution in [0.2, 0.25) is 5.02 Å². The first-order chi connectivity index (χ1) is 11.2. The van der Waals surface area contributed by atoms with Crippen LogP contribution in [0.5, 0.6) is 0 Å². The Hall–Kier alpha value is -1.85. The quantitative estimate of drug-likeness (QED) is 0.812. The van der Waals surface area contributed by atoms with Crippen LogP contribution in [0.3, 0.4) is 0 Å². The molecule has 120 valence electrons. The number of halogens is 1. The van der Waals surface area contributed by atoms with E-state index in [-0.39, 0.29) is 6.03 Å². The van der Waals surface area contributed by atoms with Crippen molar-refractivity contribution in [2.24, 2.45) is 0 Å². The van der Waals surface area contributed by atoms with Crippen molar-refractivity contribution in [2.75, 3.05) is 25.0 Å². The molecule has 0 aromatic heterocycles. The van der Waals surface area contributed by atoms with Gasteiger partial charge in [0, 0.05) is 35.0 Å². The fourth-order valence-corrected chi connectivity index (χ4v) is 3.81. The van der Waals surface area contributed by atoms with Crippen LogP contribution in [0, 0.1) is 0 Å². The molecule has 0 radical (unpaired) electrons. The summed E-state index contributed by atoms with van der Waals surface area (Å²) in [7, 11) is 1.62. The number of hydrogen-bond acceptors (Lipinski definition) is 3. The minimum absolute atomic E-state index is 0.150. The number of rotatable bonds is 4. The van der Waals surface area contributed by atoms with Gasteiger partial charge < -0.3 is 15.5 Å². The molecule has 0 saturated heterocycles. The number of para-hydroxylation sites is 1. The van der Waals surface area contributed by atoms with E-state index in [0.717, 1.165) is 23.7 Å². The van der Waals surface area contributed by atoms with Crippen LogP contribution in [-0.4, -0.2) is 26.2 Å². The maximum Gasteiger partial charge on any atom is 0.314 e. The van der Waals surface area contributed by atoms with E-state index >= 15 is 0 Å². The van der Waals surface area contributed by atoms with Gasteiger partial charge in [0.25, 0.3) is 0 Å². The molecule has 0 bridgehead atoms. The molecule has 0 saturated carbocycles. The van der Waals surface area contributed by atoms with Crippen LogP contribution in [0.1, 0.15) is 6.42 Å². The summed E-state index contributed by atoms with van der Waals surface area (Å²) in [5.41, 5.74) is 2.31. The normalized spacial score (nSPS) is 12.3. The highest BCUT2D eigenvalue weighted by molar-refractivity contribution is 7.99. The molecule has 2 aromatic carbocycles. The Morgan fingerprint density at radius 1 is 1.17 bits per heavy atom. The predicted octanol–water partition coefficient (Wildman–Crippen LogP) is 4.26. The van der Waals surface area contributed by atoms with Gasteiger partial charge in [-0.15, -0.1) is 0 Å². The van der Waals surface area contributed by atoms with Crippen LogP contribution in [0.15, 0.2) is 52.3 Å². The standard InChI is InChI=1S/C17H18ClN3OS/c1-19-17(22)20-9-4-10-21-13-5-2-3-6-15(13)23-16-8-7-12(18)11-14(16)21/h2-3,5-8,11H,4,9-10H2,1H3,(H2,19,20,22). The number of urea groups is 1. The topological polar surface area (TPSA) is 44.4 Å². The Kier molecular flexibility index (Phi) is 4.98. The van der Waals surface area contributed by atoms with Crippen molar-refractivity contribution in [2.45, 2.75) is 16.2 Å². The summed E-state index contributed by atoms with van der Waals surface area (Å²) in [5, 5.41) is 6.11. The molecule has 2 N–H and O–H groups in total. The summed E-state index contributed by atoms with van der Waals surface area (Å²) in [4.78, 5) is 16.0. The highest BCUT2D eigenvalue weighted by Gasteiger charge is 2.22. The Labute approximate surface area is 145 Å². The zero-order chi connectivity index (χ0) is 16.2. The van der Waals surface area contributed by atoms with Gasteiger partial charge in [0.15, 0.2) is 0 Å². The van der Waals surface area contributed by atoms with E-state index in [2.05, 4.69) is 39.8 Å². The maximum absolute atomic E-state index is 11.2. The highest BCUT2D eigenvalue weighted by Crippen LogP contribution is 2.48. The molecule has 2 amide bonds. The van der Waals surface area contributed by atoms with E-state index in [9.17, 15) is 4.79 Å². The molecule has 0 atom stereocenters. The van der Waals surface area contributed by atoms with Crippen molar-refractivity contribution < 1.29 is 4.79 Å². The van der Waals surface area contributed by atoms with Crippen LogP contribution >= 0.6 is 23.4 Å². The molecule has 3 rings (SSSR count). The number of anilines is 2. The molecule has 0 aliphatic carbocycles. The maximum atomic E-state index is 11.2. The van der Waals surface area contributed by atoms with Gasteiger partial charge in [-0.2, -0.15) is 0 Å². The van der Waals surface area contributed by atoms with Gasteiger partial charge in [0.05, 0.1) is 11.4 Å². The lowest BCUT2D eigenvalue weighted by molar-refractivity contribution is 0.243. The summed E-state index contributed by atoms with van der Waals surface area (Å²) in [5.74, 6) is 0. The molecule has 2 aromatic rings. The van der Waals surface area contributed by atoms with Crippen molar-refractivity contribution in [3.63, 3.8) is 0 Å². The van der Waals surface area contributed by atoms with E-state index in [1.807, 2.05) is 18.2 Å². The van der Waals surface area contributed by atoms with Gasteiger partial charge >= 0.3 is 6.03 Å². The van der Waals surface area contributed by atoms with Crippen molar-refractivity contribution >= 4 is 40.8 Å². The second-order valence-electron chi connectivity index (χ2n) is 5.19. The van der Waals surface area contributed by atoms with Crippen molar-refractivity contribution in [3.05, 3.63) is 47.5 Å². The lowest BCUT2D eigenvalue weighted by Gasteiger charge is -2.33. The second-order valence-corrected chi connectivity index (χ2v) is 6.71. The molecular formula is C17H18ClN3OS. The molecule has 1 aliphatic rings. The molecule has 1 heterocycles. The molecule has 23 heavy (non-hydrogen) atoms. The third-order valence-electron chi connectivity index (χ3n) is 3.66. The van der Waals surface area contributed by atoms with E-state index in [1.165, 1.54) is 15.5 Å². The summed E-state index contributed by atoms with van der Waals surface area (Å²) < 4.78 is 0. The predicted molar refractivity (Wildman–Crippen MR) is 96.1 cm³/mol. The molecule has 1 aliphatic heterocycles. The van der Waals surface area contributed by atoms with Gasteiger partial charge in [0.1, 0.15) is 0 Å². The van der Waals surface area contributed by atoms with Crippen LogP contribution in [0.25, 0.3) is 0 Å². The Morgan fingerprint density at radius 3 is 2.78 bits per heavy atom. The molecule has 4 nitrogen and oxygen atoms in total. The highest BCUT2D eigenvalue weighted by atomic mass is 35.5. The number of hydrogen-bond donors (Lipinski definition) is 2. The zero-order valence-corrected chi connectivity index (χ0v) is 14.4. The molecular weight excluding hydrogens is 330 g/mol. The van der Waals surface area contributed by atoms with Crippen LogP contribution in [-0.2, 0) is 0 Å². The van der Waals surface area contributed by atoms with E-state index in [1.54, 1.807) is 18.8 Å². The van der Waals surface area contributed by atoms with Crippen molar-refractivity contribution in [1.29, 1.82) is 0 Å². The number of carbonyl (C=O) groups excluding carboxylic acids is 1. The molecule has 0 fully saturated rings. The number of fused-ring (bicyclic) bond motifs is 2. The first-order valence-corrected chi connectivity index (χ1v) is 8.68. The lowest BCUT2D eigenvalue weighted by Crippen LogP contribution is -2.34. The summed E-state index contributed by atoms with van der Waals surface area (Å²) in [6.45, 7) is 1.44. The first-order valence-electron chi connectivity index (χ1n) is 7.48. The van der Waals surface area contributed by atoms with E-state index in [4.69, 9.17) is 11.6 Å². The Balaban J connectivity index is 1.80. The van der Waals surface area contributed by atoms with Crippen molar-refractivity contribution in [3.8, 4) is 0 Å². The number of amides is 2. The Bertz CT molecular complexity index is 723. The fraction of sp³-hybridized carbons (Fsp3) is 0.235. The number of nitrogens with zero attached hydrogens (tertiary/aromatic N) is 1. The third-order valence-corrected chi connectivity index (χ3v) is 5.02. The second kappa shape index (κ2) is 7.15. The largest absolute Gasteiger partial charge is 0.341 e. The van der Waals surface area contributed by atoms with E-state index < -0.39 is 0 Å². The first kappa shape index (κ1) is 16.0. The minimum atomic E-state index is -0.150. The number of benzene rings is 2.